The number of benzene rings is 1. The Balaban J connectivity index is 1.62. The van der Waals surface area contributed by atoms with E-state index in [-0.39, 0.29) is 0 Å². The molecule has 1 aliphatic carbocycles. The van der Waals surface area contributed by atoms with Crippen molar-refractivity contribution in [3.63, 3.8) is 0 Å². The quantitative estimate of drug-likeness (QED) is 0.860. The molecule has 1 heterocycles. The van der Waals surface area contributed by atoms with E-state index in [9.17, 15) is 0 Å². The first-order valence-corrected chi connectivity index (χ1v) is 7.00. The highest BCUT2D eigenvalue weighted by atomic mass is 15.1. The van der Waals surface area contributed by atoms with Crippen molar-refractivity contribution in [1.29, 1.82) is 0 Å². The number of aromatic amines is 1. The maximum atomic E-state index is 4.55. The zero-order chi connectivity index (χ0) is 12.4. The Morgan fingerprint density at radius 3 is 3.06 bits per heavy atom. The van der Waals surface area contributed by atoms with E-state index < -0.39 is 0 Å². The summed E-state index contributed by atoms with van der Waals surface area (Å²) in [6.45, 7) is 3.41. The van der Waals surface area contributed by atoms with Crippen molar-refractivity contribution in [1.82, 2.24) is 9.97 Å². The van der Waals surface area contributed by atoms with Crippen LogP contribution in [-0.2, 0) is 0 Å². The van der Waals surface area contributed by atoms with Crippen LogP contribution in [-0.4, -0.2) is 16.5 Å². The average molecular weight is 243 g/mol. The number of fused-ring (bicyclic) bond motifs is 1. The first-order valence-electron chi connectivity index (χ1n) is 7.00. The Labute approximate surface area is 108 Å². The molecule has 0 spiro atoms. The van der Waals surface area contributed by atoms with Gasteiger partial charge in [-0.15, -0.1) is 0 Å². The summed E-state index contributed by atoms with van der Waals surface area (Å²) in [4.78, 5) is 7.87. The summed E-state index contributed by atoms with van der Waals surface area (Å²) in [6.07, 6.45) is 5.50. The van der Waals surface area contributed by atoms with E-state index in [2.05, 4.69) is 28.3 Å². The van der Waals surface area contributed by atoms with Crippen LogP contribution in [0.4, 0.5) is 5.95 Å². The summed E-state index contributed by atoms with van der Waals surface area (Å²) in [6, 6.07) is 8.17. The zero-order valence-electron chi connectivity index (χ0n) is 10.9. The summed E-state index contributed by atoms with van der Waals surface area (Å²) in [5.74, 6) is 2.61. The predicted octanol–water partition coefficient (Wildman–Crippen LogP) is 3.80. The highest BCUT2D eigenvalue weighted by molar-refractivity contribution is 5.77. The zero-order valence-corrected chi connectivity index (χ0v) is 10.9. The highest BCUT2D eigenvalue weighted by Gasteiger charge is 2.18. The standard InChI is InChI=1S/C15H21N3/c1-11-5-4-6-12(9-11)10-16-15-17-13-7-2-3-8-14(13)18-15/h2-3,7-8,11-12H,4-6,9-10H2,1H3,(H2,16,17,18). The Hall–Kier alpha value is -1.51. The van der Waals surface area contributed by atoms with Gasteiger partial charge in [-0.2, -0.15) is 0 Å². The Kier molecular flexibility index (Phi) is 3.22. The molecule has 1 aromatic heterocycles. The Morgan fingerprint density at radius 1 is 1.33 bits per heavy atom. The Bertz CT molecular complexity index is 484. The van der Waals surface area contributed by atoms with E-state index in [0.717, 1.165) is 35.4 Å². The average Bonchev–Trinajstić information content (AvgIpc) is 2.79. The maximum absolute atomic E-state index is 4.55. The van der Waals surface area contributed by atoms with E-state index in [1.54, 1.807) is 0 Å². The minimum Gasteiger partial charge on any atom is -0.356 e. The van der Waals surface area contributed by atoms with Gasteiger partial charge in [0.05, 0.1) is 11.0 Å². The molecule has 0 aliphatic heterocycles. The molecule has 3 heteroatoms. The normalized spacial score (nSPS) is 24.3. The molecule has 0 amide bonds. The van der Waals surface area contributed by atoms with Gasteiger partial charge in [0.15, 0.2) is 0 Å². The molecule has 2 aromatic rings. The van der Waals surface area contributed by atoms with E-state index in [1.807, 2.05) is 18.2 Å². The van der Waals surface area contributed by atoms with Gasteiger partial charge in [-0.25, -0.2) is 4.98 Å². The number of hydrogen-bond acceptors (Lipinski definition) is 2. The van der Waals surface area contributed by atoms with Crippen LogP contribution in [0.25, 0.3) is 11.0 Å². The third kappa shape index (κ3) is 2.50. The molecule has 0 saturated heterocycles. The number of rotatable bonds is 3. The van der Waals surface area contributed by atoms with Gasteiger partial charge in [0.25, 0.3) is 0 Å². The summed E-state index contributed by atoms with van der Waals surface area (Å²) in [7, 11) is 0. The van der Waals surface area contributed by atoms with Crippen molar-refractivity contribution in [3.05, 3.63) is 24.3 Å². The molecule has 3 rings (SSSR count). The second-order valence-electron chi connectivity index (χ2n) is 5.62. The Morgan fingerprint density at radius 2 is 2.22 bits per heavy atom. The minimum atomic E-state index is 0.807. The van der Waals surface area contributed by atoms with Gasteiger partial charge in [-0.3, -0.25) is 0 Å². The molecule has 18 heavy (non-hydrogen) atoms. The number of para-hydroxylation sites is 2. The summed E-state index contributed by atoms with van der Waals surface area (Å²) >= 11 is 0. The van der Waals surface area contributed by atoms with Gasteiger partial charge in [-0.05, 0) is 36.8 Å². The molecule has 2 unspecified atom stereocenters. The SMILES string of the molecule is CC1CCCC(CNc2nc3ccccc3[nH]2)C1. The van der Waals surface area contributed by atoms with Gasteiger partial charge in [0.2, 0.25) is 5.95 Å². The van der Waals surface area contributed by atoms with Crippen molar-refractivity contribution in [2.75, 3.05) is 11.9 Å². The largest absolute Gasteiger partial charge is 0.356 e. The lowest BCUT2D eigenvalue weighted by Crippen LogP contribution is -2.21. The monoisotopic (exact) mass is 243 g/mol. The second kappa shape index (κ2) is 5.01. The molecule has 1 aromatic carbocycles. The van der Waals surface area contributed by atoms with Gasteiger partial charge < -0.3 is 10.3 Å². The molecule has 2 N–H and O–H groups in total. The second-order valence-corrected chi connectivity index (χ2v) is 5.62. The minimum absolute atomic E-state index is 0.807. The van der Waals surface area contributed by atoms with Gasteiger partial charge in [0, 0.05) is 6.54 Å². The van der Waals surface area contributed by atoms with Crippen LogP contribution in [0.15, 0.2) is 24.3 Å². The van der Waals surface area contributed by atoms with Gasteiger partial charge >= 0.3 is 0 Å². The van der Waals surface area contributed by atoms with Crippen LogP contribution in [0.1, 0.15) is 32.6 Å². The summed E-state index contributed by atoms with van der Waals surface area (Å²) in [5, 5.41) is 3.46. The van der Waals surface area contributed by atoms with Crippen LogP contribution >= 0.6 is 0 Å². The number of H-pyrrole nitrogens is 1. The first kappa shape index (κ1) is 11.6. The lowest BCUT2D eigenvalue weighted by molar-refractivity contribution is 0.293. The lowest BCUT2D eigenvalue weighted by Gasteiger charge is -2.26. The lowest BCUT2D eigenvalue weighted by atomic mass is 9.82. The third-order valence-corrected chi connectivity index (χ3v) is 3.99. The molecule has 0 bridgehead atoms. The molecule has 1 saturated carbocycles. The molecule has 1 fully saturated rings. The highest BCUT2D eigenvalue weighted by Crippen LogP contribution is 2.28. The summed E-state index contributed by atoms with van der Waals surface area (Å²) < 4.78 is 0. The molecule has 3 nitrogen and oxygen atoms in total. The topological polar surface area (TPSA) is 40.7 Å². The fourth-order valence-corrected chi connectivity index (χ4v) is 3.02. The van der Waals surface area contributed by atoms with Crippen LogP contribution in [0.2, 0.25) is 0 Å². The molecule has 96 valence electrons. The number of hydrogen-bond donors (Lipinski definition) is 2. The third-order valence-electron chi connectivity index (χ3n) is 3.99. The van der Waals surface area contributed by atoms with Crippen molar-refractivity contribution in [3.8, 4) is 0 Å². The van der Waals surface area contributed by atoms with Crippen molar-refractivity contribution in [2.24, 2.45) is 11.8 Å². The van der Waals surface area contributed by atoms with Crippen LogP contribution < -0.4 is 5.32 Å². The van der Waals surface area contributed by atoms with E-state index >= 15 is 0 Å². The van der Waals surface area contributed by atoms with Gasteiger partial charge in [0.1, 0.15) is 0 Å². The molecule has 2 atom stereocenters. The van der Waals surface area contributed by atoms with E-state index in [1.165, 1.54) is 25.7 Å². The number of anilines is 1. The fourth-order valence-electron chi connectivity index (χ4n) is 3.02. The fraction of sp³-hybridized carbons (Fsp3) is 0.533. The maximum Gasteiger partial charge on any atom is 0.201 e. The first-order chi connectivity index (χ1) is 8.81. The molecule has 0 radical (unpaired) electrons. The van der Waals surface area contributed by atoms with Crippen LogP contribution in [0.5, 0.6) is 0 Å². The van der Waals surface area contributed by atoms with Crippen LogP contribution in [0.3, 0.4) is 0 Å². The number of imidazole rings is 1. The number of nitrogens with zero attached hydrogens (tertiary/aromatic N) is 1. The van der Waals surface area contributed by atoms with Crippen molar-refractivity contribution in [2.45, 2.75) is 32.6 Å². The van der Waals surface area contributed by atoms with Crippen molar-refractivity contribution < 1.29 is 0 Å². The number of nitrogens with one attached hydrogen (secondary N) is 2. The molecular formula is C15H21N3. The number of aromatic nitrogens is 2. The molecule has 1 aliphatic rings. The predicted molar refractivity (Wildman–Crippen MR) is 75.7 cm³/mol. The smallest absolute Gasteiger partial charge is 0.201 e. The summed E-state index contributed by atoms with van der Waals surface area (Å²) in [5.41, 5.74) is 2.15. The van der Waals surface area contributed by atoms with Crippen LogP contribution in [0, 0.1) is 11.8 Å². The van der Waals surface area contributed by atoms with E-state index in [4.69, 9.17) is 0 Å². The van der Waals surface area contributed by atoms with Crippen molar-refractivity contribution >= 4 is 17.0 Å². The van der Waals surface area contributed by atoms with Gasteiger partial charge in [-0.1, -0.05) is 31.9 Å². The van der Waals surface area contributed by atoms with E-state index in [0.29, 0.717) is 0 Å². The molecular weight excluding hydrogens is 222 g/mol.